The van der Waals surface area contributed by atoms with Crippen LogP contribution in [0.5, 0.6) is 0 Å². The number of nitrogens with zero attached hydrogens (tertiary/aromatic N) is 1. The standard InChI is InChI=1S/C30H39NO5/c1-16-9-20-24(21(32)10-16)18(3)25(34)26-27(20,4)12-22-28(5,29(26)13-23(33)35-15-29)6-7-30-11-17(2)8-19(36-30)14-31(22)30/h10,12,17-20,24,26H,6-9,11,13-15H2,1-5H3. The van der Waals surface area contributed by atoms with Gasteiger partial charge in [-0.25, -0.2) is 0 Å². The van der Waals surface area contributed by atoms with E-state index in [0.29, 0.717) is 12.5 Å². The first kappa shape index (κ1) is 23.2. The second kappa shape index (κ2) is 6.92. The molecule has 0 amide bonds. The van der Waals surface area contributed by atoms with Crippen LogP contribution in [0.25, 0.3) is 0 Å². The highest BCUT2D eigenvalue weighted by Crippen LogP contribution is 2.73. The van der Waals surface area contributed by atoms with Crippen molar-refractivity contribution < 1.29 is 23.9 Å². The van der Waals surface area contributed by atoms with Crippen molar-refractivity contribution >= 4 is 17.5 Å². The Morgan fingerprint density at radius 1 is 1.11 bits per heavy atom. The van der Waals surface area contributed by atoms with Gasteiger partial charge in [0.1, 0.15) is 11.5 Å². The summed E-state index contributed by atoms with van der Waals surface area (Å²) >= 11 is 0. The van der Waals surface area contributed by atoms with Crippen molar-refractivity contribution in [1.82, 2.24) is 4.90 Å². The number of ether oxygens (including phenoxy) is 2. The molecule has 7 aliphatic rings. The number of piperidine rings is 1. The number of esters is 1. The molecule has 4 saturated heterocycles. The van der Waals surface area contributed by atoms with Crippen LogP contribution in [-0.2, 0) is 23.9 Å². The third kappa shape index (κ3) is 2.55. The number of fused-ring (bicyclic) bond motifs is 8. The summed E-state index contributed by atoms with van der Waals surface area (Å²) in [6.45, 7) is 12.0. The largest absolute Gasteiger partial charge is 0.465 e. The average Bonchev–Trinajstić information content (AvgIpc) is 3.31. The third-order valence-corrected chi connectivity index (χ3v) is 11.9. The van der Waals surface area contributed by atoms with Gasteiger partial charge < -0.3 is 14.4 Å². The SMILES string of the molecule is CC1=CC(=O)C2C(C)C(=O)C3C(C)(C=C4N5CC6CC(C)CC5(CCC4(C)C34COC(=O)C4)O6)C2C1. The molecule has 4 heterocycles. The van der Waals surface area contributed by atoms with Crippen LogP contribution in [0, 0.1) is 45.8 Å². The molecule has 7 rings (SSSR count). The molecular weight excluding hydrogens is 454 g/mol. The van der Waals surface area contributed by atoms with Gasteiger partial charge in [-0.1, -0.05) is 39.3 Å². The minimum atomic E-state index is -0.596. The van der Waals surface area contributed by atoms with Gasteiger partial charge in [0, 0.05) is 46.2 Å². The Hall–Kier alpha value is -1.95. The Morgan fingerprint density at radius 3 is 2.61 bits per heavy atom. The van der Waals surface area contributed by atoms with Gasteiger partial charge in [-0.15, -0.1) is 0 Å². The van der Waals surface area contributed by atoms with Crippen molar-refractivity contribution in [1.29, 1.82) is 0 Å². The van der Waals surface area contributed by atoms with Crippen molar-refractivity contribution in [3.05, 3.63) is 23.4 Å². The molecule has 194 valence electrons. The minimum Gasteiger partial charge on any atom is -0.465 e. The Balaban J connectivity index is 1.47. The van der Waals surface area contributed by atoms with Gasteiger partial charge in [-0.2, -0.15) is 0 Å². The van der Waals surface area contributed by atoms with Crippen molar-refractivity contribution in [2.45, 2.75) is 85.0 Å². The van der Waals surface area contributed by atoms with Crippen LogP contribution in [0.1, 0.15) is 73.1 Å². The van der Waals surface area contributed by atoms with Crippen LogP contribution < -0.4 is 0 Å². The summed E-state index contributed by atoms with van der Waals surface area (Å²) in [5.74, 6) is -0.275. The number of ketones is 2. The maximum atomic E-state index is 14.4. The van der Waals surface area contributed by atoms with E-state index in [1.807, 2.05) is 13.8 Å². The van der Waals surface area contributed by atoms with Gasteiger partial charge in [0.2, 0.25) is 0 Å². The number of carbonyl (C=O) groups is 3. The van der Waals surface area contributed by atoms with Gasteiger partial charge >= 0.3 is 5.97 Å². The highest BCUT2D eigenvalue weighted by Gasteiger charge is 2.74. The van der Waals surface area contributed by atoms with Crippen LogP contribution in [-0.4, -0.2) is 47.4 Å². The molecule has 0 aromatic heterocycles. The second-order valence-corrected chi connectivity index (χ2v) is 13.9. The molecule has 0 radical (unpaired) electrons. The van der Waals surface area contributed by atoms with Crippen LogP contribution in [0.2, 0.25) is 0 Å². The van der Waals surface area contributed by atoms with Crippen molar-refractivity contribution in [2.75, 3.05) is 13.2 Å². The molecule has 2 bridgehead atoms. The molecular formula is C30H39NO5. The number of carbonyl (C=O) groups excluding carboxylic acids is 3. The topological polar surface area (TPSA) is 72.9 Å². The fourth-order valence-corrected chi connectivity index (χ4v) is 10.4. The Morgan fingerprint density at radius 2 is 1.89 bits per heavy atom. The highest BCUT2D eigenvalue weighted by atomic mass is 16.5. The summed E-state index contributed by atoms with van der Waals surface area (Å²) in [5, 5.41) is 0. The van der Waals surface area contributed by atoms with E-state index in [1.54, 1.807) is 6.08 Å². The van der Waals surface area contributed by atoms with E-state index in [-0.39, 0.29) is 64.9 Å². The highest BCUT2D eigenvalue weighted by molar-refractivity contribution is 6.00. The predicted octanol–water partition coefficient (Wildman–Crippen LogP) is 4.44. The van der Waals surface area contributed by atoms with Crippen molar-refractivity contribution in [3.63, 3.8) is 0 Å². The fourth-order valence-electron chi connectivity index (χ4n) is 10.4. The molecule has 6 heteroatoms. The lowest BCUT2D eigenvalue weighted by Crippen LogP contribution is -2.69. The first-order valence-corrected chi connectivity index (χ1v) is 14.0. The summed E-state index contributed by atoms with van der Waals surface area (Å²) in [6, 6.07) is 0. The number of allylic oxidation sites excluding steroid dienone is 4. The van der Waals surface area contributed by atoms with Crippen LogP contribution in [0.15, 0.2) is 23.4 Å². The number of hydrogen-bond acceptors (Lipinski definition) is 6. The predicted molar refractivity (Wildman–Crippen MR) is 132 cm³/mol. The summed E-state index contributed by atoms with van der Waals surface area (Å²) in [5.41, 5.74) is 0.583. The van der Waals surface area contributed by atoms with Gasteiger partial charge in [0.05, 0.1) is 19.1 Å². The lowest BCUT2D eigenvalue weighted by atomic mass is 9.37. The molecule has 6 nitrogen and oxygen atoms in total. The van der Waals surface area contributed by atoms with Gasteiger partial charge in [0.25, 0.3) is 0 Å². The summed E-state index contributed by atoms with van der Waals surface area (Å²) in [7, 11) is 0. The second-order valence-electron chi connectivity index (χ2n) is 13.9. The molecule has 5 fully saturated rings. The summed E-state index contributed by atoms with van der Waals surface area (Å²) in [4.78, 5) is 43.1. The van der Waals surface area contributed by atoms with Crippen LogP contribution in [0.4, 0.5) is 0 Å². The number of Topliss-reactive ketones (excluding diaryl/α,β-unsaturated/α-hetero) is 1. The molecule has 10 unspecified atom stereocenters. The van der Waals surface area contributed by atoms with Crippen molar-refractivity contribution in [3.8, 4) is 0 Å². The monoisotopic (exact) mass is 493 g/mol. The number of hydrogen-bond donors (Lipinski definition) is 0. The van der Waals surface area contributed by atoms with Crippen LogP contribution >= 0.6 is 0 Å². The van der Waals surface area contributed by atoms with E-state index in [2.05, 4.69) is 31.7 Å². The Labute approximate surface area is 213 Å². The van der Waals surface area contributed by atoms with Gasteiger partial charge in [-0.3, -0.25) is 14.4 Å². The maximum Gasteiger partial charge on any atom is 0.306 e. The van der Waals surface area contributed by atoms with E-state index in [9.17, 15) is 14.4 Å². The minimum absolute atomic E-state index is 0.0389. The molecule has 0 N–H and O–H groups in total. The Kier molecular flexibility index (Phi) is 4.46. The Bertz CT molecular complexity index is 1160. The zero-order chi connectivity index (χ0) is 25.4. The van der Waals surface area contributed by atoms with Gasteiger partial charge in [0.15, 0.2) is 5.78 Å². The van der Waals surface area contributed by atoms with E-state index in [4.69, 9.17) is 9.47 Å². The van der Waals surface area contributed by atoms with Crippen molar-refractivity contribution in [2.24, 2.45) is 45.8 Å². The molecule has 10 atom stereocenters. The molecule has 4 aliphatic heterocycles. The molecule has 36 heavy (non-hydrogen) atoms. The normalized spacial score (nSPS) is 53.2. The number of rotatable bonds is 0. The van der Waals surface area contributed by atoms with Gasteiger partial charge in [-0.05, 0) is 56.9 Å². The zero-order valence-electron chi connectivity index (χ0n) is 22.3. The lowest BCUT2D eigenvalue weighted by Gasteiger charge is -2.67. The third-order valence-electron chi connectivity index (χ3n) is 11.9. The summed E-state index contributed by atoms with van der Waals surface area (Å²) in [6.07, 6.45) is 9.38. The molecule has 0 aromatic carbocycles. The summed E-state index contributed by atoms with van der Waals surface area (Å²) < 4.78 is 12.5. The van der Waals surface area contributed by atoms with Crippen LogP contribution in [0.3, 0.4) is 0 Å². The molecule has 3 aliphatic carbocycles. The first-order valence-electron chi connectivity index (χ1n) is 14.0. The smallest absolute Gasteiger partial charge is 0.306 e. The maximum absolute atomic E-state index is 14.4. The average molecular weight is 494 g/mol. The fraction of sp³-hybridized carbons (Fsp3) is 0.767. The quantitative estimate of drug-likeness (QED) is 0.465. The van der Waals surface area contributed by atoms with E-state index in [1.165, 1.54) is 5.70 Å². The first-order chi connectivity index (χ1) is 16.9. The lowest BCUT2D eigenvalue weighted by molar-refractivity contribution is -0.200. The zero-order valence-corrected chi connectivity index (χ0v) is 22.3. The van der Waals surface area contributed by atoms with E-state index in [0.717, 1.165) is 44.2 Å². The molecule has 0 aromatic rings. The molecule has 1 saturated carbocycles. The molecule has 2 spiro atoms. The number of cyclic esters (lactones) is 1. The van der Waals surface area contributed by atoms with E-state index < -0.39 is 10.8 Å². The van der Waals surface area contributed by atoms with E-state index >= 15 is 0 Å².